The Morgan fingerprint density at radius 3 is 2.60 bits per heavy atom. The summed E-state index contributed by atoms with van der Waals surface area (Å²) in [7, 11) is 0. The summed E-state index contributed by atoms with van der Waals surface area (Å²) in [6.45, 7) is 2.40. The van der Waals surface area contributed by atoms with Crippen molar-refractivity contribution in [3.8, 4) is 5.75 Å². The van der Waals surface area contributed by atoms with Gasteiger partial charge in [0.1, 0.15) is 29.6 Å². The number of aliphatic hydroxyl groups excluding tert-OH is 1. The Kier molecular flexibility index (Phi) is 8.96. The van der Waals surface area contributed by atoms with E-state index in [0.29, 0.717) is 5.75 Å². The molecule has 216 valence electrons. The van der Waals surface area contributed by atoms with E-state index in [9.17, 15) is 24.6 Å². The van der Waals surface area contributed by atoms with Crippen molar-refractivity contribution in [2.24, 2.45) is 0 Å². The number of hydrogen-bond donors (Lipinski definition) is 4. The Bertz CT molecular complexity index is 1530. The molecule has 3 aromatic rings. The molecule has 14 heteroatoms. The second kappa shape index (κ2) is 11.9. The monoisotopic (exact) mass is 593 g/mol. The summed E-state index contributed by atoms with van der Waals surface area (Å²) < 4.78 is 24.3. The number of aliphatic hydroxyl groups is 2. The average molecular weight is 594 g/mol. The molecule has 12 nitrogen and oxygen atoms in total. The maximum absolute atomic E-state index is 12.6. The van der Waals surface area contributed by atoms with Gasteiger partial charge >= 0.3 is 18.3 Å². The van der Waals surface area contributed by atoms with Crippen molar-refractivity contribution in [2.45, 2.75) is 63.9 Å². The van der Waals surface area contributed by atoms with Gasteiger partial charge in [-0.2, -0.15) is 0 Å². The summed E-state index contributed by atoms with van der Waals surface area (Å²) >= 11 is 5.80. The van der Waals surface area contributed by atoms with Gasteiger partial charge < -0.3 is 28.7 Å². The highest BCUT2D eigenvalue weighted by Crippen LogP contribution is 2.48. The van der Waals surface area contributed by atoms with Gasteiger partial charge in [-0.15, -0.1) is 0 Å². The van der Waals surface area contributed by atoms with Crippen molar-refractivity contribution >= 4 is 35.2 Å². The number of hydrogen-bond acceptors (Lipinski definition) is 10. The molecule has 2 aromatic carbocycles. The van der Waals surface area contributed by atoms with Crippen LogP contribution in [0.4, 0.5) is 0 Å². The van der Waals surface area contributed by atoms with Crippen molar-refractivity contribution in [3.05, 3.63) is 75.6 Å². The number of esters is 1. The fourth-order valence-electron chi connectivity index (χ4n) is 4.28. The minimum absolute atomic E-state index is 0.355. The first kappa shape index (κ1) is 30.1. The van der Waals surface area contributed by atoms with Gasteiger partial charge in [-0.05, 0) is 51.0 Å². The number of nitrogens with one attached hydrogen (secondary N) is 2. The zero-order valence-corrected chi connectivity index (χ0v) is 24.1. The van der Waals surface area contributed by atoms with E-state index in [2.05, 4.69) is 10.1 Å². The van der Waals surface area contributed by atoms with Gasteiger partial charge in [-0.1, -0.05) is 36.4 Å². The van der Waals surface area contributed by atoms with Gasteiger partial charge in [-0.25, -0.2) is 9.88 Å². The largest absolute Gasteiger partial charge is 0.462 e. The van der Waals surface area contributed by atoms with E-state index in [0.717, 1.165) is 27.6 Å². The molecule has 0 spiro atoms. The van der Waals surface area contributed by atoms with Crippen molar-refractivity contribution in [1.29, 1.82) is 0 Å². The number of aromatic nitrogens is 2. The van der Waals surface area contributed by atoms with E-state index in [1.165, 1.54) is 6.92 Å². The molecule has 1 aliphatic rings. The smallest absolute Gasteiger partial charge is 0.330 e. The Labute approximate surface area is 235 Å². The minimum Gasteiger partial charge on any atom is -0.462 e. The maximum Gasteiger partial charge on any atom is 0.330 e. The summed E-state index contributed by atoms with van der Waals surface area (Å²) in [5.74, 6) is -0.150. The van der Waals surface area contributed by atoms with E-state index in [4.69, 9.17) is 30.3 Å². The fourth-order valence-corrected chi connectivity index (χ4v) is 6.70. The molecule has 1 aliphatic heterocycles. The topological polar surface area (TPSA) is 161 Å². The minimum atomic E-state index is -3.53. The van der Waals surface area contributed by atoms with E-state index < -0.39 is 53.9 Å². The average Bonchev–Trinajstić information content (AvgIpc) is 3.11. The third kappa shape index (κ3) is 6.52. The number of carbonyl (C=O) groups is 1. The van der Waals surface area contributed by atoms with Crippen LogP contribution in [-0.4, -0.2) is 62.3 Å². The molecule has 4 rings (SSSR count). The number of rotatable bonds is 10. The zero-order chi connectivity index (χ0) is 29.2. The molecule has 1 saturated heterocycles. The molecule has 0 aliphatic carbocycles. The molecule has 0 radical (unpaired) electrons. The quantitative estimate of drug-likeness (QED) is 0.201. The molecule has 1 fully saturated rings. The van der Waals surface area contributed by atoms with Crippen LogP contribution in [0, 0.1) is 0 Å². The van der Waals surface area contributed by atoms with Gasteiger partial charge in [0.15, 0.2) is 6.23 Å². The van der Waals surface area contributed by atoms with Crippen LogP contribution in [-0.2, 0) is 30.6 Å². The highest BCUT2D eigenvalue weighted by Gasteiger charge is 2.54. The van der Waals surface area contributed by atoms with Crippen LogP contribution in [0.25, 0.3) is 10.8 Å². The van der Waals surface area contributed by atoms with Crippen molar-refractivity contribution in [1.82, 2.24) is 14.6 Å². The van der Waals surface area contributed by atoms with Crippen LogP contribution < -0.4 is 20.9 Å². The van der Waals surface area contributed by atoms with E-state index in [-0.39, 0.29) is 12.7 Å². The number of H-pyrrole nitrogens is 1. The molecule has 40 heavy (non-hydrogen) atoms. The van der Waals surface area contributed by atoms with Gasteiger partial charge in [0, 0.05) is 17.6 Å². The molecule has 4 N–H and O–H groups in total. The Morgan fingerprint density at radius 1 is 1.20 bits per heavy atom. The van der Waals surface area contributed by atoms with Gasteiger partial charge in [0.25, 0.3) is 5.56 Å². The number of fused-ring (bicyclic) bond motifs is 1. The lowest BCUT2D eigenvalue weighted by molar-refractivity contribution is -0.149. The SMILES string of the molecule is CC(C)OC(=O)C(C)NP(=S)(OCC1OC(n2ccc(=O)[nH]c2=O)C(C)(O)C1O)Oc1cccc2ccccc12. The van der Waals surface area contributed by atoms with Crippen molar-refractivity contribution < 1.29 is 33.5 Å². The molecular formula is C26H32N3O9PS. The Morgan fingerprint density at radius 2 is 1.90 bits per heavy atom. The predicted octanol–water partition coefficient (Wildman–Crippen LogP) is 1.95. The molecule has 0 saturated carbocycles. The number of benzene rings is 2. The first-order valence-electron chi connectivity index (χ1n) is 12.6. The molecule has 6 atom stereocenters. The third-order valence-corrected chi connectivity index (χ3v) is 8.78. The summed E-state index contributed by atoms with van der Waals surface area (Å²) in [5.41, 5.74) is -3.38. The summed E-state index contributed by atoms with van der Waals surface area (Å²) in [6.07, 6.45) is -3.21. The number of carbonyl (C=O) groups excluding carboxylic acids is 1. The normalized spacial score (nSPS) is 25.0. The fraction of sp³-hybridized carbons (Fsp3) is 0.423. The predicted molar refractivity (Wildman–Crippen MR) is 151 cm³/mol. The second-order valence-corrected chi connectivity index (χ2v) is 13.0. The van der Waals surface area contributed by atoms with Crippen LogP contribution >= 0.6 is 6.64 Å². The first-order valence-corrected chi connectivity index (χ1v) is 15.2. The Balaban J connectivity index is 1.60. The van der Waals surface area contributed by atoms with Crippen LogP contribution in [0.5, 0.6) is 5.75 Å². The van der Waals surface area contributed by atoms with Gasteiger partial charge in [0.05, 0.1) is 12.7 Å². The van der Waals surface area contributed by atoms with E-state index in [1.807, 2.05) is 30.3 Å². The number of ether oxygens (including phenoxy) is 2. The van der Waals surface area contributed by atoms with Gasteiger partial charge in [-0.3, -0.25) is 19.1 Å². The van der Waals surface area contributed by atoms with Crippen LogP contribution in [0.1, 0.15) is 33.9 Å². The van der Waals surface area contributed by atoms with E-state index >= 15 is 0 Å². The zero-order valence-electron chi connectivity index (χ0n) is 22.3. The lowest BCUT2D eigenvalue weighted by atomic mass is 9.96. The number of aromatic amines is 1. The van der Waals surface area contributed by atoms with Gasteiger partial charge in [0.2, 0.25) is 0 Å². The van der Waals surface area contributed by atoms with Crippen LogP contribution in [0.3, 0.4) is 0 Å². The molecule has 1 aromatic heterocycles. The first-order chi connectivity index (χ1) is 18.8. The summed E-state index contributed by atoms with van der Waals surface area (Å²) in [6, 6.07) is 13.1. The highest BCUT2D eigenvalue weighted by atomic mass is 32.5. The van der Waals surface area contributed by atoms with Crippen LogP contribution in [0.15, 0.2) is 64.3 Å². The van der Waals surface area contributed by atoms with Crippen LogP contribution in [0.2, 0.25) is 0 Å². The molecule has 6 unspecified atom stereocenters. The molecule has 0 bridgehead atoms. The number of nitrogens with zero attached hydrogens (tertiary/aromatic N) is 1. The summed E-state index contributed by atoms with van der Waals surface area (Å²) in [5, 5.41) is 26.5. The summed E-state index contributed by atoms with van der Waals surface area (Å²) in [4.78, 5) is 38.5. The second-order valence-electron chi connectivity index (χ2n) is 9.91. The third-order valence-electron chi connectivity index (χ3n) is 6.29. The lowest BCUT2D eigenvalue weighted by Gasteiger charge is -2.29. The maximum atomic E-state index is 12.6. The molecule has 0 amide bonds. The molecule has 2 heterocycles. The highest BCUT2D eigenvalue weighted by molar-refractivity contribution is 8.09. The molecular weight excluding hydrogens is 561 g/mol. The van der Waals surface area contributed by atoms with E-state index in [1.54, 1.807) is 32.9 Å². The van der Waals surface area contributed by atoms with Crippen molar-refractivity contribution in [3.63, 3.8) is 0 Å². The van der Waals surface area contributed by atoms with Crippen molar-refractivity contribution in [2.75, 3.05) is 6.61 Å². The Hall–Kier alpha value is -2.90. The lowest BCUT2D eigenvalue weighted by Crippen LogP contribution is -2.47. The standard InChI is InChI=1S/C26H32N3O9PS/c1-15(2)36-23(32)16(3)28-39(40,38-19-11-7-9-17-8-5-6-10-18(17)19)35-14-20-22(31)26(4,34)24(37-20)29-13-12-21(30)27-25(29)33/h5-13,15-16,20,22,24,31,34H,14H2,1-4H3,(H,28,40)(H,27,30,33).